The minimum absolute atomic E-state index is 0.164. The van der Waals surface area contributed by atoms with Crippen molar-refractivity contribution in [1.82, 2.24) is 14.7 Å². The fourth-order valence-corrected chi connectivity index (χ4v) is 2.60. The first kappa shape index (κ1) is 14.6. The highest BCUT2D eigenvalue weighted by molar-refractivity contribution is 5.76. The van der Waals surface area contributed by atoms with Crippen molar-refractivity contribution in [3.8, 4) is 0 Å². The third kappa shape index (κ3) is 4.36. The molecule has 2 heterocycles. The molecule has 2 rings (SSSR count). The molecule has 1 aliphatic heterocycles. The Morgan fingerprint density at radius 1 is 1.25 bits per heavy atom. The number of hydrogen-bond acceptors (Lipinski definition) is 3. The number of carboxylic acids is 1. The van der Waals surface area contributed by atoms with E-state index < -0.39 is 5.97 Å². The van der Waals surface area contributed by atoms with Crippen LogP contribution in [0, 0.1) is 5.92 Å². The maximum Gasteiger partial charge on any atom is 0.303 e. The van der Waals surface area contributed by atoms with Crippen molar-refractivity contribution >= 4 is 11.9 Å². The second kappa shape index (κ2) is 7.07. The van der Waals surface area contributed by atoms with Crippen molar-refractivity contribution < 1.29 is 14.7 Å². The maximum absolute atomic E-state index is 12.1. The van der Waals surface area contributed by atoms with Crippen LogP contribution in [0.4, 0.5) is 0 Å². The summed E-state index contributed by atoms with van der Waals surface area (Å²) >= 11 is 0. The lowest BCUT2D eigenvalue weighted by molar-refractivity contribution is -0.138. The lowest BCUT2D eigenvalue weighted by Crippen LogP contribution is -2.38. The predicted molar refractivity (Wildman–Crippen MR) is 73.0 cm³/mol. The third-order valence-corrected chi connectivity index (χ3v) is 3.85. The van der Waals surface area contributed by atoms with Gasteiger partial charge in [0, 0.05) is 44.9 Å². The van der Waals surface area contributed by atoms with Gasteiger partial charge in [0.05, 0.1) is 0 Å². The minimum Gasteiger partial charge on any atom is -0.481 e. The topological polar surface area (TPSA) is 75.4 Å². The van der Waals surface area contributed by atoms with Crippen LogP contribution in [-0.2, 0) is 16.1 Å². The third-order valence-electron chi connectivity index (χ3n) is 3.85. The van der Waals surface area contributed by atoms with E-state index in [1.54, 1.807) is 10.9 Å². The smallest absolute Gasteiger partial charge is 0.303 e. The number of carbonyl (C=O) groups is 2. The van der Waals surface area contributed by atoms with E-state index in [-0.39, 0.29) is 12.3 Å². The minimum atomic E-state index is -0.734. The summed E-state index contributed by atoms with van der Waals surface area (Å²) in [5, 5.41) is 12.7. The van der Waals surface area contributed by atoms with Crippen molar-refractivity contribution in [2.45, 2.75) is 38.6 Å². The zero-order chi connectivity index (χ0) is 14.4. The fraction of sp³-hybridized carbons (Fsp3) is 0.643. The molecule has 0 atom stereocenters. The van der Waals surface area contributed by atoms with Gasteiger partial charge in [-0.25, -0.2) is 0 Å². The maximum atomic E-state index is 12.1. The molecule has 0 unspecified atom stereocenters. The van der Waals surface area contributed by atoms with Crippen LogP contribution >= 0.6 is 0 Å². The van der Waals surface area contributed by atoms with E-state index in [0.29, 0.717) is 18.9 Å². The molecule has 0 bridgehead atoms. The Hall–Kier alpha value is -1.85. The highest BCUT2D eigenvalue weighted by Gasteiger charge is 2.22. The van der Waals surface area contributed by atoms with Gasteiger partial charge in [-0.15, -0.1) is 0 Å². The monoisotopic (exact) mass is 279 g/mol. The van der Waals surface area contributed by atoms with E-state index >= 15 is 0 Å². The van der Waals surface area contributed by atoms with E-state index in [0.717, 1.165) is 32.4 Å². The number of rotatable bonds is 6. The Balaban J connectivity index is 1.67. The number of aryl methyl sites for hydroxylation is 1. The van der Waals surface area contributed by atoms with Gasteiger partial charge in [-0.1, -0.05) is 0 Å². The molecule has 0 aromatic carbocycles. The van der Waals surface area contributed by atoms with Crippen molar-refractivity contribution in [2.75, 3.05) is 13.1 Å². The Morgan fingerprint density at radius 2 is 2.00 bits per heavy atom. The van der Waals surface area contributed by atoms with Gasteiger partial charge in [0.1, 0.15) is 0 Å². The Kier molecular flexibility index (Phi) is 5.15. The van der Waals surface area contributed by atoms with Gasteiger partial charge in [0.15, 0.2) is 0 Å². The number of nitrogens with zero attached hydrogens (tertiary/aromatic N) is 3. The van der Waals surface area contributed by atoms with Crippen LogP contribution in [0.25, 0.3) is 0 Å². The van der Waals surface area contributed by atoms with Gasteiger partial charge in [-0.2, -0.15) is 5.10 Å². The highest BCUT2D eigenvalue weighted by Crippen LogP contribution is 2.22. The number of aromatic nitrogens is 2. The molecule has 1 aliphatic rings. The summed E-state index contributed by atoms with van der Waals surface area (Å²) < 4.78 is 1.76. The zero-order valence-corrected chi connectivity index (χ0v) is 11.6. The van der Waals surface area contributed by atoms with Crippen LogP contribution in [0.3, 0.4) is 0 Å². The van der Waals surface area contributed by atoms with Crippen LogP contribution < -0.4 is 0 Å². The molecule has 1 amide bonds. The number of hydrogen-bond donors (Lipinski definition) is 1. The molecule has 1 saturated heterocycles. The van der Waals surface area contributed by atoms with Gasteiger partial charge >= 0.3 is 5.97 Å². The molecule has 1 N–H and O–H groups in total. The number of piperidine rings is 1. The van der Waals surface area contributed by atoms with Crippen molar-refractivity contribution in [3.05, 3.63) is 18.5 Å². The van der Waals surface area contributed by atoms with E-state index in [2.05, 4.69) is 5.10 Å². The summed E-state index contributed by atoms with van der Waals surface area (Å²) in [6.07, 6.45) is 6.83. The molecule has 0 spiro atoms. The summed E-state index contributed by atoms with van der Waals surface area (Å²) in [5.41, 5.74) is 0. The lowest BCUT2D eigenvalue weighted by atomic mass is 9.92. The zero-order valence-electron chi connectivity index (χ0n) is 11.6. The SMILES string of the molecule is O=C(O)CCC1CCN(C(=O)CCn2cccn2)CC1. The first-order valence-electron chi connectivity index (χ1n) is 7.12. The second-order valence-corrected chi connectivity index (χ2v) is 5.28. The second-order valence-electron chi connectivity index (χ2n) is 5.28. The number of amides is 1. The van der Waals surface area contributed by atoms with Crippen LogP contribution in [0.5, 0.6) is 0 Å². The average Bonchev–Trinajstić information content (AvgIpc) is 2.96. The van der Waals surface area contributed by atoms with Gasteiger partial charge < -0.3 is 10.0 Å². The molecule has 20 heavy (non-hydrogen) atoms. The van der Waals surface area contributed by atoms with Crippen LogP contribution in [0.1, 0.15) is 32.1 Å². The van der Waals surface area contributed by atoms with Crippen molar-refractivity contribution in [1.29, 1.82) is 0 Å². The van der Waals surface area contributed by atoms with Crippen molar-refractivity contribution in [3.63, 3.8) is 0 Å². The van der Waals surface area contributed by atoms with Gasteiger partial charge in [0.2, 0.25) is 5.91 Å². The molecule has 0 saturated carbocycles. The number of aliphatic carboxylic acids is 1. The number of carboxylic acid groups (broad SMARTS) is 1. The first-order chi connectivity index (χ1) is 9.65. The highest BCUT2D eigenvalue weighted by atomic mass is 16.4. The lowest BCUT2D eigenvalue weighted by Gasteiger charge is -2.32. The van der Waals surface area contributed by atoms with E-state index in [4.69, 9.17) is 5.11 Å². The number of likely N-dealkylation sites (tertiary alicyclic amines) is 1. The standard InChI is InChI=1S/C14H21N3O3/c18-13(6-11-17-8-1-7-15-17)16-9-4-12(5-10-16)2-3-14(19)20/h1,7-8,12H,2-6,9-11H2,(H,19,20). The first-order valence-corrected chi connectivity index (χ1v) is 7.12. The summed E-state index contributed by atoms with van der Waals surface area (Å²) in [6.45, 7) is 2.12. The Morgan fingerprint density at radius 3 is 2.60 bits per heavy atom. The van der Waals surface area contributed by atoms with E-state index in [1.165, 1.54) is 0 Å². The molecule has 6 heteroatoms. The molecule has 6 nitrogen and oxygen atoms in total. The molecule has 0 aliphatic carbocycles. The average molecular weight is 279 g/mol. The molecule has 1 aromatic rings. The fourth-order valence-electron chi connectivity index (χ4n) is 2.60. The Bertz CT molecular complexity index is 437. The van der Waals surface area contributed by atoms with E-state index in [1.807, 2.05) is 17.2 Å². The molecule has 1 fully saturated rings. The molecule has 1 aromatic heterocycles. The summed E-state index contributed by atoms with van der Waals surface area (Å²) in [4.78, 5) is 24.5. The summed E-state index contributed by atoms with van der Waals surface area (Å²) in [5.74, 6) is -0.124. The van der Waals surface area contributed by atoms with Gasteiger partial charge in [0.25, 0.3) is 0 Å². The van der Waals surface area contributed by atoms with Gasteiger partial charge in [-0.3, -0.25) is 14.3 Å². The molecular weight excluding hydrogens is 258 g/mol. The predicted octanol–water partition coefficient (Wildman–Crippen LogP) is 1.38. The van der Waals surface area contributed by atoms with Crippen LogP contribution in [0.15, 0.2) is 18.5 Å². The Labute approximate surface area is 118 Å². The van der Waals surface area contributed by atoms with Crippen LogP contribution in [0.2, 0.25) is 0 Å². The quantitative estimate of drug-likeness (QED) is 0.853. The van der Waals surface area contributed by atoms with Crippen molar-refractivity contribution in [2.24, 2.45) is 5.92 Å². The van der Waals surface area contributed by atoms with E-state index in [9.17, 15) is 9.59 Å². The normalized spacial score (nSPS) is 16.3. The summed E-state index contributed by atoms with van der Waals surface area (Å²) in [7, 11) is 0. The largest absolute Gasteiger partial charge is 0.481 e. The molecule has 0 radical (unpaired) electrons. The summed E-state index contributed by atoms with van der Waals surface area (Å²) in [6, 6.07) is 1.85. The molecular formula is C14H21N3O3. The van der Waals surface area contributed by atoms with Gasteiger partial charge in [-0.05, 0) is 31.2 Å². The number of carbonyl (C=O) groups excluding carboxylic acids is 1. The van der Waals surface area contributed by atoms with Crippen LogP contribution in [-0.4, -0.2) is 44.8 Å². The molecule has 110 valence electrons.